The monoisotopic (exact) mass is 238 g/mol. The molecule has 1 unspecified atom stereocenters. The summed E-state index contributed by atoms with van der Waals surface area (Å²) in [4.78, 5) is 3.43. The van der Waals surface area contributed by atoms with E-state index >= 15 is 0 Å². The predicted molar refractivity (Wildman–Crippen MR) is 48.2 cm³/mol. The van der Waals surface area contributed by atoms with Crippen molar-refractivity contribution in [3.8, 4) is 5.88 Å². The van der Waals surface area contributed by atoms with Gasteiger partial charge < -0.3 is 10.5 Å². The van der Waals surface area contributed by atoms with Crippen LogP contribution < -0.4 is 10.5 Å². The molecule has 2 N–H and O–H groups in total. The summed E-state index contributed by atoms with van der Waals surface area (Å²) in [5.41, 5.74) is 5.33. The van der Waals surface area contributed by atoms with E-state index in [0.29, 0.717) is 0 Å². The van der Waals surface area contributed by atoms with E-state index in [1.165, 1.54) is 0 Å². The average molecular weight is 238 g/mol. The Morgan fingerprint density at radius 1 is 1.50 bits per heavy atom. The summed E-state index contributed by atoms with van der Waals surface area (Å²) in [6.07, 6.45) is -5.74. The molecular weight excluding hydrogens is 228 g/mol. The van der Waals surface area contributed by atoms with Gasteiger partial charge in [-0.3, -0.25) is 0 Å². The maximum absolute atomic E-state index is 12.7. The molecule has 0 aliphatic heterocycles. The molecule has 1 rings (SSSR count). The summed E-state index contributed by atoms with van der Waals surface area (Å²) in [5.74, 6) is -0.971. The third kappa shape index (κ3) is 3.06. The minimum atomic E-state index is -4.50. The standard InChI is InChI=1S/C9H10F4N2O/c1-5(9(11,12)13)16-8-6(3-14)2-7(10)4-15-8/h2,4-5H,3,14H2,1H3. The largest absolute Gasteiger partial charge is 0.465 e. The lowest BCUT2D eigenvalue weighted by Gasteiger charge is -2.18. The van der Waals surface area contributed by atoms with Crippen LogP contribution >= 0.6 is 0 Å². The van der Waals surface area contributed by atoms with Gasteiger partial charge in [0.15, 0.2) is 6.10 Å². The lowest BCUT2D eigenvalue weighted by molar-refractivity contribution is -0.190. The highest BCUT2D eigenvalue weighted by Gasteiger charge is 2.38. The molecule has 0 aliphatic carbocycles. The Morgan fingerprint density at radius 3 is 2.62 bits per heavy atom. The molecule has 1 aromatic heterocycles. The Labute approximate surface area is 89.2 Å². The SMILES string of the molecule is CC(Oc1ncc(F)cc1CN)C(F)(F)F. The first kappa shape index (κ1) is 12.7. The van der Waals surface area contributed by atoms with Gasteiger partial charge in [-0.2, -0.15) is 13.2 Å². The molecule has 90 valence electrons. The molecular formula is C9H10F4N2O. The second kappa shape index (κ2) is 4.65. The lowest BCUT2D eigenvalue weighted by Crippen LogP contribution is -2.31. The zero-order chi connectivity index (χ0) is 12.3. The maximum atomic E-state index is 12.7. The van der Waals surface area contributed by atoms with E-state index in [-0.39, 0.29) is 18.0 Å². The van der Waals surface area contributed by atoms with Gasteiger partial charge in [-0.15, -0.1) is 0 Å². The van der Waals surface area contributed by atoms with Crippen molar-refractivity contribution in [1.29, 1.82) is 0 Å². The topological polar surface area (TPSA) is 48.1 Å². The molecule has 1 heterocycles. The number of hydrogen-bond donors (Lipinski definition) is 1. The van der Waals surface area contributed by atoms with Crippen LogP contribution in [0, 0.1) is 5.82 Å². The fourth-order valence-electron chi connectivity index (χ4n) is 0.955. The Bertz CT molecular complexity index is 367. The third-order valence-corrected chi connectivity index (χ3v) is 1.86. The van der Waals surface area contributed by atoms with Crippen molar-refractivity contribution in [3.05, 3.63) is 23.6 Å². The fraction of sp³-hybridized carbons (Fsp3) is 0.444. The predicted octanol–water partition coefficient (Wildman–Crippen LogP) is 2.01. The molecule has 0 fully saturated rings. The highest BCUT2D eigenvalue weighted by molar-refractivity contribution is 5.26. The number of ether oxygens (including phenoxy) is 1. The Kier molecular flexibility index (Phi) is 3.69. The summed E-state index contributed by atoms with van der Waals surface area (Å²) in [7, 11) is 0. The zero-order valence-corrected chi connectivity index (χ0v) is 8.38. The highest BCUT2D eigenvalue weighted by atomic mass is 19.4. The smallest absolute Gasteiger partial charge is 0.425 e. The quantitative estimate of drug-likeness (QED) is 0.819. The molecule has 7 heteroatoms. The minimum absolute atomic E-state index is 0.0936. The number of halogens is 4. The number of aromatic nitrogens is 1. The van der Waals surface area contributed by atoms with E-state index in [1.54, 1.807) is 0 Å². The first-order valence-corrected chi connectivity index (χ1v) is 4.42. The van der Waals surface area contributed by atoms with Gasteiger partial charge in [0.1, 0.15) is 5.82 Å². The molecule has 0 aromatic carbocycles. The van der Waals surface area contributed by atoms with Gasteiger partial charge in [0.25, 0.3) is 0 Å². The van der Waals surface area contributed by atoms with E-state index < -0.39 is 18.1 Å². The Balaban J connectivity index is 2.89. The van der Waals surface area contributed by atoms with Gasteiger partial charge >= 0.3 is 6.18 Å². The number of nitrogens with zero attached hydrogens (tertiary/aromatic N) is 1. The summed E-state index contributed by atoms with van der Waals surface area (Å²) in [6, 6.07) is 0.991. The van der Waals surface area contributed by atoms with Crippen LogP contribution in [0.4, 0.5) is 17.6 Å². The van der Waals surface area contributed by atoms with Crippen molar-refractivity contribution in [3.63, 3.8) is 0 Å². The number of rotatable bonds is 3. The van der Waals surface area contributed by atoms with Gasteiger partial charge in [-0.05, 0) is 13.0 Å². The number of hydrogen-bond acceptors (Lipinski definition) is 3. The molecule has 0 saturated carbocycles. The summed E-state index contributed by atoms with van der Waals surface area (Å²) >= 11 is 0. The van der Waals surface area contributed by atoms with Gasteiger partial charge in [0, 0.05) is 12.1 Å². The van der Waals surface area contributed by atoms with E-state index in [9.17, 15) is 17.6 Å². The lowest BCUT2D eigenvalue weighted by atomic mass is 10.2. The molecule has 1 atom stereocenters. The number of alkyl halides is 3. The van der Waals surface area contributed by atoms with E-state index in [0.717, 1.165) is 19.2 Å². The summed E-state index contributed by atoms with van der Waals surface area (Å²) in [6.45, 7) is 0.690. The summed E-state index contributed by atoms with van der Waals surface area (Å²) < 4.78 is 53.9. The molecule has 1 aromatic rings. The third-order valence-electron chi connectivity index (χ3n) is 1.86. The summed E-state index contributed by atoms with van der Waals surface area (Å²) in [5, 5.41) is 0. The van der Waals surface area contributed by atoms with Gasteiger partial charge in [0.05, 0.1) is 6.20 Å². The van der Waals surface area contributed by atoms with Crippen LogP contribution in [0.5, 0.6) is 5.88 Å². The molecule has 0 radical (unpaired) electrons. The fourth-order valence-corrected chi connectivity index (χ4v) is 0.955. The Hall–Kier alpha value is -1.37. The van der Waals surface area contributed by atoms with E-state index in [2.05, 4.69) is 9.72 Å². The van der Waals surface area contributed by atoms with Crippen LogP contribution in [0.3, 0.4) is 0 Å². The second-order valence-electron chi connectivity index (χ2n) is 3.12. The van der Waals surface area contributed by atoms with Gasteiger partial charge in [-0.25, -0.2) is 9.37 Å². The second-order valence-corrected chi connectivity index (χ2v) is 3.12. The molecule has 3 nitrogen and oxygen atoms in total. The van der Waals surface area contributed by atoms with Crippen LogP contribution in [-0.4, -0.2) is 17.3 Å². The van der Waals surface area contributed by atoms with E-state index in [4.69, 9.17) is 5.73 Å². The molecule has 16 heavy (non-hydrogen) atoms. The van der Waals surface area contributed by atoms with Crippen LogP contribution in [0.25, 0.3) is 0 Å². The van der Waals surface area contributed by atoms with E-state index in [1.807, 2.05) is 0 Å². The number of nitrogens with two attached hydrogens (primary N) is 1. The normalized spacial score (nSPS) is 13.6. The van der Waals surface area contributed by atoms with Crippen molar-refractivity contribution in [2.75, 3.05) is 0 Å². The molecule has 0 saturated heterocycles. The average Bonchev–Trinajstić information content (AvgIpc) is 2.19. The first-order valence-electron chi connectivity index (χ1n) is 4.42. The van der Waals surface area contributed by atoms with Gasteiger partial charge in [0.2, 0.25) is 5.88 Å². The molecule has 0 spiro atoms. The van der Waals surface area contributed by atoms with Gasteiger partial charge in [-0.1, -0.05) is 0 Å². The van der Waals surface area contributed by atoms with Crippen LogP contribution in [-0.2, 0) is 6.54 Å². The van der Waals surface area contributed by atoms with Crippen molar-refractivity contribution < 1.29 is 22.3 Å². The van der Waals surface area contributed by atoms with Crippen molar-refractivity contribution in [2.45, 2.75) is 25.7 Å². The van der Waals surface area contributed by atoms with Crippen molar-refractivity contribution in [2.24, 2.45) is 5.73 Å². The molecule has 0 aliphatic rings. The first-order chi connectivity index (χ1) is 7.34. The van der Waals surface area contributed by atoms with Crippen LogP contribution in [0.15, 0.2) is 12.3 Å². The maximum Gasteiger partial charge on any atom is 0.425 e. The van der Waals surface area contributed by atoms with Crippen molar-refractivity contribution in [1.82, 2.24) is 4.98 Å². The van der Waals surface area contributed by atoms with Crippen LogP contribution in [0.2, 0.25) is 0 Å². The number of pyridine rings is 1. The Morgan fingerprint density at radius 2 is 2.12 bits per heavy atom. The minimum Gasteiger partial charge on any atom is -0.465 e. The van der Waals surface area contributed by atoms with Crippen LogP contribution in [0.1, 0.15) is 12.5 Å². The molecule has 0 bridgehead atoms. The molecule has 0 amide bonds. The zero-order valence-electron chi connectivity index (χ0n) is 8.38. The highest BCUT2D eigenvalue weighted by Crippen LogP contribution is 2.25. The van der Waals surface area contributed by atoms with Crippen molar-refractivity contribution >= 4 is 0 Å².